The van der Waals surface area contributed by atoms with Crippen LogP contribution >= 0.6 is 22.9 Å². The second-order valence-corrected chi connectivity index (χ2v) is 7.84. The van der Waals surface area contributed by atoms with Crippen molar-refractivity contribution in [3.63, 3.8) is 0 Å². The monoisotopic (exact) mass is 344 g/mol. The van der Waals surface area contributed by atoms with Gasteiger partial charge in [0.2, 0.25) is 0 Å². The van der Waals surface area contributed by atoms with E-state index in [-0.39, 0.29) is 5.41 Å². The third-order valence-corrected chi connectivity index (χ3v) is 5.31. The second-order valence-electron chi connectivity index (χ2n) is 6.41. The average Bonchev–Trinajstić information content (AvgIpc) is 2.85. The predicted octanol–water partition coefficient (Wildman–Crippen LogP) is 6.07. The van der Waals surface area contributed by atoms with E-state index in [0.29, 0.717) is 15.6 Å². The molecule has 0 saturated heterocycles. The second kappa shape index (κ2) is 5.99. The van der Waals surface area contributed by atoms with E-state index in [9.17, 15) is 4.79 Å². The van der Waals surface area contributed by atoms with Crippen LogP contribution in [0, 0.1) is 0 Å². The van der Waals surface area contributed by atoms with Crippen LogP contribution in [0.2, 0.25) is 5.02 Å². The normalized spacial score (nSPS) is 11.7. The van der Waals surface area contributed by atoms with Gasteiger partial charge >= 0.3 is 5.97 Å². The topological polar surface area (TPSA) is 26.3 Å². The zero-order chi connectivity index (χ0) is 16.6. The molecule has 0 aliphatic heterocycles. The largest absolute Gasteiger partial charge is 0.422 e. The molecule has 23 heavy (non-hydrogen) atoms. The van der Waals surface area contributed by atoms with Crippen LogP contribution in [-0.2, 0) is 5.41 Å². The Hall–Kier alpha value is -1.84. The number of carbonyl (C=O) groups is 1. The maximum absolute atomic E-state index is 12.4. The molecule has 0 unspecified atom stereocenters. The fourth-order valence-electron chi connectivity index (χ4n) is 2.32. The summed E-state index contributed by atoms with van der Waals surface area (Å²) in [5.41, 5.74) is 1.26. The van der Waals surface area contributed by atoms with Crippen LogP contribution in [0.25, 0.3) is 10.1 Å². The van der Waals surface area contributed by atoms with E-state index in [1.807, 2.05) is 48.5 Å². The summed E-state index contributed by atoms with van der Waals surface area (Å²) in [7, 11) is 0. The Morgan fingerprint density at radius 3 is 2.30 bits per heavy atom. The standard InChI is InChI=1S/C19H17ClO2S/c1-19(2,3)12-8-10-13(11-9-12)22-18(21)17-16(20)14-6-4-5-7-15(14)23-17/h4-11H,1-3H3. The number of rotatable bonds is 2. The molecule has 0 atom stereocenters. The molecule has 1 heterocycles. The first-order valence-electron chi connectivity index (χ1n) is 7.36. The van der Waals surface area contributed by atoms with Crippen LogP contribution in [0.3, 0.4) is 0 Å². The molecule has 0 N–H and O–H groups in total. The number of hydrogen-bond donors (Lipinski definition) is 0. The molecule has 0 fully saturated rings. The van der Waals surface area contributed by atoms with Crippen molar-refractivity contribution in [3.05, 3.63) is 64.0 Å². The molecule has 0 amide bonds. The Kier molecular flexibility index (Phi) is 4.17. The SMILES string of the molecule is CC(C)(C)c1ccc(OC(=O)c2sc3ccccc3c2Cl)cc1. The lowest BCUT2D eigenvalue weighted by atomic mass is 9.87. The van der Waals surface area contributed by atoms with E-state index in [0.717, 1.165) is 10.1 Å². The molecule has 0 saturated carbocycles. The molecule has 4 heteroatoms. The van der Waals surface area contributed by atoms with Crippen LogP contribution in [0.1, 0.15) is 36.0 Å². The lowest BCUT2D eigenvalue weighted by Gasteiger charge is -2.18. The predicted molar refractivity (Wildman–Crippen MR) is 96.9 cm³/mol. The maximum atomic E-state index is 12.4. The molecule has 0 radical (unpaired) electrons. The zero-order valence-corrected chi connectivity index (χ0v) is 14.8. The van der Waals surface area contributed by atoms with Crippen LogP contribution in [0.15, 0.2) is 48.5 Å². The van der Waals surface area contributed by atoms with Crippen LogP contribution in [0.4, 0.5) is 0 Å². The van der Waals surface area contributed by atoms with E-state index in [4.69, 9.17) is 16.3 Å². The molecule has 3 aromatic rings. The Labute approximate surface area is 144 Å². The zero-order valence-electron chi connectivity index (χ0n) is 13.2. The first-order valence-corrected chi connectivity index (χ1v) is 8.55. The van der Waals surface area contributed by atoms with Crippen molar-refractivity contribution in [2.75, 3.05) is 0 Å². The first kappa shape index (κ1) is 16.0. The number of benzene rings is 2. The van der Waals surface area contributed by atoms with Crippen LogP contribution in [-0.4, -0.2) is 5.97 Å². The fourth-order valence-corrected chi connectivity index (χ4v) is 3.71. The summed E-state index contributed by atoms with van der Waals surface area (Å²) in [6.07, 6.45) is 0. The van der Waals surface area contributed by atoms with Gasteiger partial charge in [-0.2, -0.15) is 0 Å². The van der Waals surface area contributed by atoms with Gasteiger partial charge in [-0.05, 0) is 29.2 Å². The summed E-state index contributed by atoms with van der Waals surface area (Å²) < 4.78 is 6.44. The Bertz CT molecular complexity index is 857. The van der Waals surface area contributed by atoms with Crippen molar-refractivity contribution in [2.24, 2.45) is 0 Å². The number of fused-ring (bicyclic) bond motifs is 1. The van der Waals surface area contributed by atoms with Gasteiger partial charge in [0, 0.05) is 10.1 Å². The lowest BCUT2D eigenvalue weighted by Crippen LogP contribution is -2.11. The molecule has 118 valence electrons. The van der Waals surface area contributed by atoms with E-state index >= 15 is 0 Å². The minimum absolute atomic E-state index is 0.0668. The van der Waals surface area contributed by atoms with Gasteiger partial charge in [0.1, 0.15) is 10.6 Å². The third-order valence-electron chi connectivity index (χ3n) is 3.65. The summed E-state index contributed by atoms with van der Waals surface area (Å²) in [6, 6.07) is 15.3. The molecule has 3 rings (SSSR count). The van der Waals surface area contributed by atoms with Crippen molar-refractivity contribution >= 4 is 39.0 Å². The Balaban J connectivity index is 1.85. The summed E-state index contributed by atoms with van der Waals surface area (Å²) in [5.74, 6) is 0.108. The van der Waals surface area contributed by atoms with Gasteiger partial charge in [-0.25, -0.2) is 4.79 Å². The molecule has 0 aliphatic rings. The number of hydrogen-bond acceptors (Lipinski definition) is 3. The number of carbonyl (C=O) groups excluding carboxylic acids is 1. The van der Waals surface area contributed by atoms with Gasteiger partial charge in [0.15, 0.2) is 0 Å². The van der Waals surface area contributed by atoms with Crippen molar-refractivity contribution in [3.8, 4) is 5.75 Å². The Morgan fingerprint density at radius 2 is 1.70 bits per heavy atom. The summed E-state index contributed by atoms with van der Waals surface area (Å²) in [6.45, 7) is 6.43. The number of esters is 1. The lowest BCUT2D eigenvalue weighted by molar-refractivity contribution is 0.0740. The fraction of sp³-hybridized carbons (Fsp3) is 0.211. The quantitative estimate of drug-likeness (QED) is 0.416. The highest BCUT2D eigenvalue weighted by Gasteiger charge is 2.19. The summed E-state index contributed by atoms with van der Waals surface area (Å²) >= 11 is 7.67. The maximum Gasteiger partial charge on any atom is 0.355 e. The van der Waals surface area contributed by atoms with Crippen LogP contribution < -0.4 is 4.74 Å². The number of ether oxygens (including phenoxy) is 1. The van der Waals surface area contributed by atoms with E-state index in [2.05, 4.69) is 20.8 Å². The smallest absolute Gasteiger partial charge is 0.355 e. The summed E-state index contributed by atoms with van der Waals surface area (Å²) in [5, 5.41) is 1.34. The van der Waals surface area contributed by atoms with Crippen LogP contribution in [0.5, 0.6) is 5.75 Å². The summed E-state index contributed by atoms with van der Waals surface area (Å²) in [4.78, 5) is 12.8. The van der Waals surface area contributed by atoms with Gasteiger partial charge in [0.05, 0.1) is 5.02 Å². The highest BCUT2D eigenvalue weighted by molar-refractivity contribution is 7.21. The molecular formula is C19H17ClO2S. The highest BCUT2D eigenvalue weighted by Crippen LogP contribution is 2.35. The van der Waals surface area contributed by atoms with E-state index in [1.54, 1.807) is 0 Å². The molecule has 0 bridgehead atoms. The third kappa shape index (κ3) is 3.26. The van der Waals surface area contributed by atoms with Gasteiger partial charge in [-0.15, -0.1) is 11.3 Å². The van der Waals surface area contributed by atoms with Gasteiger partial charge < -0.3 is 4.74 Å². The van der Waals surface area contributed by atoms with Crippen molar-refractivity contribution in [2.45, 2.75) is 26.2 Å². The van der Waals surface area contributed by atoms with E-state index in [1.165, 1.54) is 16.9 Å². The van der Waals surface area contributed by atoms with Crippen molar-refractivity contribution < 1.29 is 9.53 Å². The van der Waals surface area contributed by atoms with Crippen molar-refractivity contribution in [1.82, 2.24) is 0 Å². The van der Waals surface area contributed by atoms with E-state index < -0.39 is 5.97 Å². The molecule has 2 nitrogen and oxygen atoms in total. The molecule has 2 aromatic carbocycles. The Morgan fingerprint density at radius 1 is 1.04 bits per heavy atom. The van der Waals surface area contributed by atoms with Gasteiger partial charge in [-0.3, -0.25) is 0 Å². The minimum Gasteiger partial charge on any atom is -0.422 e. The molecule has 0 spiro atoms. The van der Waals surface area contributed by atoms with Crippen molar-refractivity contribution in [1.29, 1.82) is 0 Å². The minimum atomic E-state index is -0.417. The molecule has 0 aliphatic carbocycles. The highest BCUT2D eigenvalue weighted by atomic mass is 35.5. The average molecular weight is 345 g/mol. The molecular weight excluding hydrogens is 328 g/mol. The number of halogens is 1. The number of thiophene rings is 1. The van der Waals surface area contributed by atoms with Gasteiger partial charge in [-0.1, -0.05) is 62.7 Å². The molecule has 1 aromatic heterocycles. The van der Waals surface area contributed by atoms with Gasteiger partial charge in [0.25, 0.3) is 0 Å². The first-order chi connectivity index (χ1) is 10.9.